The summed E-state index contributed by atoms with van der Waals surface area (Å²) >= 11 is 6.01. The second kappa shape index (κ2) is 6.58. The minimum Gasteiger partial charge on any atom is -0.369 e. The minimum absolute atomic E-state index is 0.303. The molecule has 0 unspecified atom stereocenters. The van der Waals surface area contributed by atoms with Crippen LogP contribution in [-0.2, 0) is 0 Å². The molecule has 112 valence electrons. The Kier molecular flexibility index (Phi) is 4.56. The SMILES string of the molecule is CCN1CCC(CNc2nc(Cl)nc3ccccc23)CC1. The predicted octanol–water partition coefficient (Wildman–Crippen LogP) is 3.43. The first-order valence-electron chi connectivity index (χ1n) is 7.64. The highest BCUT2D eigenvalue weighted by atomic mass is 35.5. The molecule has 0 aliphatic carbocycles. The van der Waals surface area contributed by atoms with Crippen LogP contribution >= 0.6 is 11.6 Å². The van der Waals surface area contributed by atoms with Crippen molar-refractivity contribution in [3.05, 3.63) is 29.5 Å². The summed E-state index contributed by atoms with van der Waals surface area (Å²) in [5.74, 6) is 1.56. The van der Waals surface area contributed by atoms with Crippen LogP contribution in [0.4, 0.5) is 5.82 Å². The summed E-state index contributed by atoms with van der Waals surface area (Å²) in [6, 6.07) is 7.97. The van der Waals surface area contributed by atoms with Crippen molar-refractivity contribution in [1.82, 2.24) is 14.9 Å². The first kappa shape index (κ1) is 14.5. The molecule has 1 fully saturated rings. The summed E-state index contributed by atoms with van der Waals surface area (Å²) < 4.78 is 0. The fourth-order valence-electron chi connectivity index (χ4n) is 2.93. The van der Waals surface area contributed by atoms with Crippen LogP contribution in [-0.4, -0.2) is 41.0 Å². The van der Waals surface area contributed by atoms with Crippen LogP contribution in [0.1, 0.15) is 19.8 Å². The summed E-state index contributed by atoms with van der Waals surface area (Å²) in [7, 11) is 0. The highest BCUT2D eigenvalue weighted by Gasteiger charge is 2.18. The van der Waals surface area contributed by atoms with Crippen molar-refractivity contribution in [1.29, 1.82) is 0 Å². The zero-order valence-corrected chi connectivity index (χ0v) is 13.1. The first-order valence-corrected chi connectivity index (χ1v) is 8.02. The van der Waals surface area contributed by atoms with Gasteiger partial charge < -0.3 is 10.2 Å². The molecule has 4 nitrogen and oxygen atoms in total. The number of rotatable bonds is 4. The van der Waals surface area contributed by atoms with E-state index < -0.39 is 0 Å². The highest BCUT2D eigenvalue weighted by Crippen LogP contribution is 2.23. The molecular formula is C16H21ClN4. The molecule has 2 aromatic rings. The molecule has 21 heavy (non-hydrogen) atoms. The normalized spacial score (nSPS) is 17.2. The van der Waals surface area contributed by atoms with Gasteiger partial charge in [0.15, 0.2) is 0 Å². The molecule has 0 spiro atoms. The molecule has 1 aromatic heterocycles. The second-order valence-electron chi connectivity index (χ2n) is 5.62. The van der Waals surface area contributed by atoms with E-state index in [1.807, 2.05) is 24.3 Å². The van der Waals surface area contributed by atoms with E-state index in [2.05, 4.69) is 27.1 Å². The van der Waals surface area contributed by atoms with Gasteiger partial charge in [-0.2, -0.15) is 0 Å². The van der Waals surface area contributed by atoms with Crippen LogP contribution in [0.15, 0.2) is 24.3 Å². The Bertz CT molecular complexity index is 608. The molecule has 5 heteroatoms. The number of hydrogen-bond donors (Lipinski definition) is 1. The molecule has 3 rings (SSSR count). The number of para-hydroxylation sites is 1. The quantitative estimate of drug-likeness (QED) is 0.879. The van der Waals surface area contributed by atoms with Gasteiger partial charge in [-0.25, -0.2) is 9.97 Å². The monoisotopic (exact) mass is 304 g/mol. The number of fused-ring (bicyclic) bond motifs is 1. The predicted molar refractivity (Wildman–Crippen MR) is 87.9 cm³/mol. The summed E-state index contributed by atoms with van der Waals surface area (Å²) in [5, 5.41) is 4.81. The molecule has 1 N–H and O–H groups in total. The van der Waals surface area contributed by atoms with Crippen molar-refractivity contribution in [2.24, 2.45) is 5.92 Å². The topological polar surface area (TPSA) is 41.0 Å². The number of nitrogens with zero attached hydrogens (tertiary/aromatic N) is 3. The lowest BCUT2D eigenvalue weighted by atomic mass is 9.97. The Hall–Kier alpha value is -1.39. The van der Waals surface area contributed by atoms with Gasteiger partial charge in [-0.15, -0.1) is 0 Å². The zero-order valence-electron chi connectivity index (χ0n) is 12.3. The van der Waals surface area contributed by atoms with Crippen molar-refractivity contribution in [3.8, 4) is 0 Å². The third-order valence-corrected chi connectivity index (χ3v) is 4.46. The maximum atomic E-state index is 6.01. The largest absolute Gasteiger partial charge is 0.369 e. The number of halogens is 1. The maximum Gasteiger partial charge on any atom is 0.224 e. The number of anilines is 1. The standard InChI is InChI=1S/C16H21ClN4/c1-2-21-9-7-12(8-10-21)11-18-15-13-5-3-4-6-14(13)19-16(17)20-15/h3-6,12H,2,7-11H2,1H3,(H,18,19,20). The fraction of sp³-hybridized carbons (Fsp3) is 0.500. The zero-order chi connectivity index (χ0) is 14.7. The molecule has 2 heterocycles. The van der Waals surface area contributed by atoms with Gasteiger partial charge in [-0.1, -0.05) is 19.1 Å². The van der Waals surface area contributed by atoms with Crippen LogP contribution in [0.5, 0.6) is 0 Å². The Morgan fingerprint density at radius 1 is 1.24 bits per heavy atom. The van der Waals surface area contributed by atoms with Crippen molar-refractivity contribution < 1.29 is 0 Å². The van der Waals surface area contributed by atoms with Gasteiger partial charge in [0, 0.05) is 11.9 Å². The van der Waals surface area contributed by atoms with Gasteiger partial charge in [-0.05, 0) is 62.1 Å². The van der Waals surface area contributed by atoms with E-state index in [1.54, 1.807) is 0 Å². The summed E-state index contributed by atoms with van der Waals surface area (Å²) in [5.41, 5.74) is 0.890. The van der Waals surface area contributed by atoms with E-state index in [-0.39, 0.29) is 0 Å². The fourth-order valence-corrected chi connectivity index (χ4v) is 3.11. The third-order valence-electron chi connectivity index (χ3n) is 4.29. The number of nitrogens with one attached hydrogen (secondary N) is 1. The average molecular weight is 305 g/mol. The molecule has 1 saturated heterocycles. The van der Waals surface area contributed by atoms with E-state index in [4.69, 9.17) is 11.6 Å². The second-order valence-corrected chi connectivity index (χ2v) is 5.95. The average Bonchev–Trinajstić information content (AvgIpc) is 2.53. The lowest BCUT2D eigenvalue weighted by Crippen LogP contribution is -2.35. The first-order chi connectivity index (χ1) is 10.3. The summed E-state index contributed by atoms with van der Waals surface area (Å²) in [6.45, 7) is 6.75. The van der Waals surface area contributed by atoms with E-state index in [0.717, 1.165) is 29.8 Å². The molecule has 0 bridgehead atoms. The van der Waals surface area contributed by atoms with Crippen LogP contribution in [0, 0.1) is 5.92 Å². The van der Waals surface area contributed by atoms with E-state index in [0.29, 0.717) is 11.2 Å². The molecular weight excluding hydrogens is 284 g/mol. The van der Waals surface area contributed by atoms with Crippen LogP contribution < -0.4 is 5.32 Å². The lowest BCUT2D eigenvalue weighted by molar-refractivity contribution is 0.198. The van der Waals surface area contributed by atoms with Crippen molar-refractivity contribution in [2.45, 2.75) is 19.8 Å². The van der Waals surface area contributed by atoms with Gasteiger partial charge in [-0.3, -0.25) is 0 Å². The Morgan fingerprint density at radius 3 is 2.76 bits per heavy atom. The summed E-state index contributed by atoms with van der Waals surface area (Å²) in [4.78, 5) is 11.1. The van der Waals surface area contributed by atoms with E-state index >= 15 is 0 Å². The van der Waals surface area contributed by atoms with E-state index in [9.17, 15) is 0 Å². The molecule has 0 atom stereocenters. The van der Waals surface area contributed by atoms with Crippen molar-refractivity contribution >= 4 is 28.3 Å². The third kappa shape index (κ3) is 3.44. The highest BCUT2D eigenvalue weighted by molar-refractivity contribution is 6.28. The summed E-state index contributed by atoms with van der Waals surface area (Å²) in [6.07, 6.45) is 2.50. The number of piperidine rings is 1. The number of benzene rings is 1. The minimum atomic E-state index is 0.303. The Balaban J connectivity index is 1.68. The van der Waals surface area contributed by atoms with Gasteiger partial charge >= 0.3 is 0 Å². The molecule has 0 radical (unpaired) electrons. The van der Waals surface area contributed by atoms with Crippen LogP contribution in [0.2, 0.25) is 5.28 Å². The molecule has 1 aliphatic heterocycles. The number of hydrogen-bond acceptors (Lipinski definition) is 4. The molecule has 1 aromatic carbocycles. The molecule has 0 amide bonds. The van der Waals surface area contributed by atoms with Crippen molar-refractivity contribution in [2.75, 3.05) is 31.5 Å². The smallest absolute Gasteiger partial charge is 0.224 e. The Morgan fingerprint density at radius 2 is 2.00 bits per heavy atom. The van der Waals surface area contributed by atoms with E-state index in [1.165, 1.54) is 25.9 Å². The van der Waals surface area contributed by atoms with Gasteiger partial charge in [0.05, 0.1) is 5.52 Å². The van der Waals surface area contributed by atoms with Gasteiger partial charge in [0.2, 0.25) is 5.28 Å². The maximum absolute atomic E-state index is 6.01. The molecule has 0 saturated carbocycles. The van der Waals surface area contributed by atoms with Crippen molar-refractivity contribution in [3.63, 3.8) is 0 Å². The van der Waals surface area contributed by atoms with Gasteiger partial charge in [0.25, 0.3) is 0 Å². The number of aromatic nitrogens is 2. The number of likely N-dealkylation sites (tertiary alicyclic amines) is 1. The molecule has 1 aliphatic rings. The van der Waals surface area contributed by atoms with Gasteiger partial charge in [0.1, 0.15) is 5.82 Å². The van der Waals surface area contributed by atoms with Crippen LogP contribution in [0.3, 0.4) is 0 Å². The lowest BCUT2D eigenvalue weighted by Gasteiger charge is -2.31. The Labute approximate surface area is 130 Å². The van der Waals surface area contributed by atoms with Crippen LogP contribution in [0.25, 0.3) is 10.9 Å².